The first-order valence-corrected chi connectivity index (χ1v) is 10.4. The third kappa shape index (κ3) is 5.67. The molecule has 154 valence electrons. The summed E-state index contributed by atoms with van der Waals surface area (Å²) in [6.07, 6.45) is 1.39. The summed E-state index contributed by atoms with van der Waals surface area (Å²) in [5.74, 6) is -0.169. The highest BCUT2D eigenvalue weighted by atomic mass is 32.1. The number of hydrogen-bond donors (Lipinski definition) is 0. The number of thiazole rings is 1. The number of aromatic nitrogens is 1. The Bertz CT molecular complexity index is 909. The monoisotopic (exact) mass is 417 g/mol. The van der Waals surface area contributed by atoms with Gasteiger partial charge in [-0.15, -0.1) is 11.3 Å². The Kier molecular flexibility index (Phi) is 6.38. The molecule has 6 nitrogen and oxygen atoms in total. The first-order valence-electron chi connectivity index (χ1n) is 9.50. The number of nitriles is 1. The van der Waals surface area contributed by atoms with Crippen molar-refractivity contribution in [2.75, 3.05) is 13.1 Å². The van der Waals surface area contributed by atoms with Crippen LogP contribution in [0.1, 0.15) is 55.8 Å². The van der Waals surface area contributed by atoms with Gasteiger partial charge in [-0.25, -0.2) is 14.2 Å². The van der Waals surface area contributed by atoms with Gasteiger partial charge in [0.25, 0.3) is 0 Å². The van der Waals surface area contributed by atoms with E-state index in [1.807, 2.05) is 32.2 Å². The van der Waals surface area contributed by atoms with Gasteiger partial charge in [0.1, 0.15) is 12.2 Å². The lowest BCUT2D eigenvalue weighted by molar-refractivity contribution is 0.0204. The van der Waals surface area contributed by atoms with E-state index in [4.69, 9.17) is 14.7 Å². The van der Waals surface area contributed by atoms with Crippen LogP contribution in [0.5, 0.6) is 5.75 Å². The van der Waals surface area contributed by atoms with Crippen molar-refractivity contribution >= 4 is 17.4 Å². The van der Waals surface area contributed by atoms with E-state index in [0.29, 0.717) is 19.0 Å². The van der Waals surface area contributed by atoms with E-state index in [1.54, 1.807) is 16.2 Å². The van der Waals surface area contributed by atoms with Crippen molar-refractivity contribution in [2.45, 2.75) is 51.7 Å². The molecule has 1 aromatic heterocycles. The zero-order valence-corrected chi connectivity index (χ0v) is 17.6. The molecule has 1 aliphatic rings. The molecule has 29 heavy (non-hydrogen) atoms. The highest BCUT2D eigenvalue weighted by Crippen LogP contribution is 2.31. The normalized spacial score (nSPS) is 15.1. The maximum Gasteiger partial charge on any atom is 0.410 e. The van der Waals surface area contributed by atoms with E-state index in [2.05, 4.69) is 4.98 Å². The number of hydrogen-bond acceptors (Lipinski definition) is 6. The van der Waals surface area contributed by atoms with Gasteiger partial charge in [0.2, 0.25) is 0 Å². The summed E-state index contributed by atoms with van der Waals surface area (Å²) in [7, 11) is 0. The molecule has 0 saturated carbocycles. The molecule has 1 amide bonds. The van der Waals surface area contributed by atoms with Crippen LogP contribution >= 0.6 is 11.3 Å². The lowest BCUT2D eigenvalue weighted by Crippen LogP contribution is -2.41. The molecule has 1 fully saturated rings. The Morgan fingerprint density at radius 3 is 2.72 bits per heavy atom. The first kappa shape index (κ1) is 21.1. The molecule has 0 aliphatic carbocycles. The van der Waals surface area contributed by atoms with E-state index in [0.717, 1.165) is 29.6 Å². The molecule has 3 rings (SSSR count). The Hall–Kier alpha value is -2.66. The largest absolute Gasteiger partial charge is 0.484 e. The number of rotatable bonds is 4. The van der Waals surface area contributed by atoms with E-state index in [9.17, 15) is 9.18 Å². The fourth-order valence-electron chi connectivity index (χ4n) is 3.05. The summed E-state index contributed by atoms with van der Waals surface area (Å²) in [4.78, 5) is 18.5. The molecular formula is C21H24FN3O3S. The summed E-state index contributed by atoms with van der Waals surface area (Å²) in [6, 6.07) is 6.01. The molecule has 1 aromatic carbocycles. The fraction of sp³-hybridized carbons (Fsp3) is 0.476. The Balaban J connectivity index is 1.52. The number of piperidine rings is 1. The SMILES string of the molecule is CC(C)(C)OC(=O)N1CCC(c2nc(COc3ccc(C#N)cc3F)cs2)CC1. The molecule has 2 aromatic rings. The van der Waals surface area contributed by atoms with Crippen molar-refractivity contribution in [2.24, 2.45) is 0 Å². The molecule has 2 heterocycles. The van der Waals surface area contributed by atoms with Crippen LogP contribution in [-0.2, 0) is 11.3 Å². The number of ether oxygens (including phenoxy) is 2. The Morgan fingerprint density at radius 2 is 2.10 bits per heavy atom. The molecule has 0 unspecified atom stereocenters. The topological polar surface area (TPSA) is 75.4 Å². The van der Waals surface area contributed by atoms with Crippen molar-refractivity contribution in [1.82, 2.24) is 9.88 Å². The smallest absolute Gasteiger partial charge is 0.410 e. The highest BCUT2D eigenvalue weighted by Gasteiger charge is 2.28. The van der Waals surface area contributed by atoms with Gasteiger partial charge in [0.15, 0.2) is 11.6 Å². The van der Waals surface area contributed by atoms with E-state index < -0.39 is 11.4 Å². The second kappa shape index (κ2) is 8.78. The molecule has 1 saturated heterocycles. The van der Waals surface area contributed by atoms with Crippen LogP contribution in [0.15, 0.2) is 23.6 Å². The average Bonchev–Trinajstić information content (AvgIpc) is 3.15. The summed E-state index contributed by atoms with van der Waals surface area (Å²) < 4.78 is 24.8. The van der Waals surface area contributed by atoms with Gasteiger partial charge >= 0.3 is 6.09 Å². The number of carbonyl (C=O) groups excluding carboxylic acids is 1. The average molecular weight is 418 g/mol. The van der Waals surface area contributed by atoms with Crippen LogP contribution in [0.4, 0.5) is 9.18 Å². The maximum atomic E-state index is 13.9. The molecule has 0 atom stereocenters. The Labute approximate surface area is 173 Å². The second-order valence-electron chi connectivity index (χ2n) is 7.96. The van der Waals surface area contributed by atoms with Crippen LogP contribution in [-0.4, -0.2) is 34.7 Å². The number of carbonyl (C=O) groups is 1. The number of amides is 1. The van der Waals surface area contributed by atoms with Crippen molar-refractivity contribution in [3.63, 3.8) is 0 Å². The molecule has 0 spiro atoms. The van der Waals surface area contributed by atoms with Gasteiger partial charge in [-0.2, -0.15) is 5.26 Å². The molecule has 0 bridgehead atoms. The molecule has 0 N–H and O–H groups in total. The van der Waals surface area contributed by atoms with Gasteiger partial charge in [-0.1, -0.05) is 0 Å². The highest BCUT2D eigenvalue weighted by molar-refractivity contribution is 7.09. The minimum Gasteiger partial charge on any atom is -0.484 e. The van der Waals surface area contributed by atoms with Gasteiger partial charge in [0, 0.05) is 24.4 Å². The summed E-state index contributed by atoms with van der Waals surface area (Å²) in [5.41, 5.74) is 0.499. The fourth-order valence-corrected chi connectivity index (χ4v) is 4.03. The summed E-state index contributed by atoms with van der Waals surface area (Å²) >= 11 is 1.56. The van der Waals surface area contributed by atoms with Gasteiger partial charge in [-0.05, 0) is 51.8 Å². The summed E-state index contributed by atoms with van der Waals surface area (Å²) in [5, 5.41) is 11.7. The first-order chi connectivity index (χ1) is 13.7. The third-order valence-electron chi connectivity index (χ3n) is 4.50. The number of halogens is 1. The maximum absolute atomic E-state index is 13.9. The molecule has 1 aliphatic heterocycles. The lowest BCUT2D eigenvalue weighted by atomic mass is 9.98. The quantitative estimate of drug-likeness (QED) is 0.711. The zero-order chi connectivity index (χ0) is 21.0. The van der Waals surface area contributed by atoms with E-state index in [1.165, 1.54) is 12.1 Å². The van der Waals surface area contributed by atoms with Gasteiger partial charge in [0.05, 0.1) is 22.3 Å². The Morgan fingerprint density at radius 1 is 1.38 bits per heavy atom. The van der Waals surface area contributed by atoms with Crippen molar-refractivity contribution in [3.8, 4) is 11.8 Å². The number of nitrogens with zero attached hydrogens (tertiary/aromatic N) is 3. The number of likely N-dealkylation sites (tertiary alicyclic amines) is 1. The van der Waals surface area contributed by atoms with Crippen LogP contribution in [0.25, 0.3) is 0 Å². The molecule has 0 radical (unpaired) electrons. The second-order valence-corrected chi connectivity index (χ2v) is 8.85. The van der Waals surface area contributed by atoms with Crippen molar-refractivity contribution < 1.29 is 18.7 Å². The molecular weight excluding hydrogens is 393 g/mol. The lowest BCUT2D eigenvalue weighted by Gasteiger charge is -2.32. The number of benzene rings is 1. The minimum absolute atomic E-state index is 0.101. The van der Waals surface area contributed by atoms with Crippen LogP contribution < -0.4 is 4.74 Å². The predicted octanol–water partition coefficient (Wildman–Crippen LogP) is 4.85. The van der Waals surface area contributed by atoms with Gasteiger partial charge < -0.3 is 14.4 Å². The summed E-state index contributed by atoms with van der Waals surface area (Å²) in [6.45, 7) is 7.03. The van der Waals surface area contributed by atoms with E-state index >= 15 is 0 Å². The predicted molar refractivity (Wildman–Crippen MR) is 107 cm³/mol. The standard InChI is InChI=1S/C21H24FN3O3S/c1-21(2,3)28-20(26)25-8-6-15(7-9-25)19-24-16(13-29-19)12-27-18-5-4-14(11-23)10-17(18)22/h4-5,10,13,15H,6-9,12H2,1-3H3. The van der Waals surface area contributed by atoms with Crippen LogP contribution in [0, 0.1) is 17.1 Å². The minimum atomic E-state index is -0.561. The van der Waals surface area contributed by atoms with E-state index in [-0.39, 0.29) is 24.0 Å². The van der Waals surface area contributed by atoms with Crippen LogP contribution in [0.2, 0.25) is 0 Å². The van der Waals surface area contributed by atoms with Crippen molar-refractivity contribution in [3.05, 3.63) is 45.7 Å². The zero-order valence-electron chi connectivity index (χ0n) is 16.8. The van der Waals surface area contributed by atoms with Crippen molar-refractivity contribution in [1.29, 1.82) is 5.26 Å². The van der Waals surface area contributed by atoms with Crippen LogP contribution in [0.3, 0.4) is 0 Å². The van der Waals surface area contributed by atoms with Gasteiger partial charge in [-0.3, -0.25) is 0 Å². The molecule has 8 heteroatoms. The third-order valence-corrected chi connectivity index (χ3v) is 5.56.